The third-order valence-electron chi connectivity index (χ3n) is 2.81. The number of carbonyl (C=O) groups is 2. The first-order valence-electron chi connectivity index (χ1n) is 6.66. The van der Waals surface area contributed by atoms with Crippen LogP contribution in [0.3, 0.4) is 0 Å². The van der Waals surface area contributed by atoms with Crippen LogP contribution >= 0.6 is 11.3 Å². The lowest BCUT2D eigenvalue weighted by atomic mass is 10.3. The van der Waals surface area contributed by atoms with E-state index in [-0.39, 0.29) is 17.8 Å². The number of urea groups is 1. The van der Waals surface area contributed by atoms with Crippen molar-refractivity contribution in [3.63, 3.8) is 0 Å². The first-order valence-corrected chi connectivity index (χ1v) is 7.54. The third kappa shape index (κ3) is 5.68. The number of nitrogens with zero attached hydrogens (tertiary/aromatic N) is 2. The lowest BCUT2D eigenvalue weighted by molar-refractivity contribution is 0.0691. The average Bonchev–Trinajstić information content (AvgIpc) is 2.88. The second-order valence-electron chi connectivity index (χ2n) is 4.69. The van der Waals surface area contributed by atoms with Gasteiger partial charge in [-0.05, 0) is 13.8 Å². The zero-order chi connectivity index (χ0) is 15.8. The molecule has 1 rings (SSSR count). The summed E-state index contributed by atoms with van der Waals surface area (Å²) < 4.78 is 4.99. The van der Waals surface area contributed by atoms with Crippen molar-refractivity contribution in [2.24, 2.45) is 0 Å². The van der Waals surface area contributed by atoms with Gasteiger partial charge in [-0.25, -0.2) is 14.6 Å². The van der Waals surface area contributed by atoms with Crippen LogP contribution in [-0.2, 0) is 11.2 Å². The van der Waals surface area contributed by atoms with Gasteiger partial charge in [-0.1, -0.05) is 0 Å². The van der Waals surface area contributed by atoms with Crippen LogP contribution in [0.2, 0.25) is 0 Å². The molecule has 0 unspecified atom stereocenters. The second-order valence-corrected chi connectivity index (χ2v) is 5.64. The molecule has 7 nitrogen and oxygen atoms in total. The standard InChI is InChI=1S/C13H21N3O4S/c1-9(2)16(6-7-20-3)13(19)14-5-4-11-15-10(8-21-11)12(17)18/h8-9H,4-7H2,1-3H3,(H,14,19)(H,17,18). The Morgan fingerprint density at radius 3 is 2.76 bits per heavy atom. The van der Waals surface area contributed by atoms with E-state index in [1.807, 2.05) is 13.8 Å². The van der Waals surface area contributed by atoms with Crippen molar-refractivity contribution in [3.05, 3.63) is 16.1 Å². The first kappa shape index (κ1) is 17.4. The van der Waals surface area contributed by atoms with Crippen LogP contribution < -0.4 is 5.32 Å². The number of thiazole rings is 1. The minimum atomic E-state index is -1.04. The van der Waals surface area contributed by atoms with Gasteiger partial charge in [0.05, 0.1) is 11.6 Å². The fourth-order valence-corrected chi connectivity index (χ4v) is 2.46. The molecule has 2 N–H and O–H groups in total. The van der Waals surface area contributed by atoms with E-state index < -0.39 is 5.97 Å². The molecule has 21 heavy (non-hydrogen) atoms. The van der Waals surface area contributed by atoms with Crippen LogP contribution in [0.5, 0.6) is 0 Å². The molecule has 1 aromatic rings. The highest BCUT2D eigenvalue weighted by Gasteiger charge is 2.16. The van der Waals surface area contributed by atoms with Gasteiger partial charge in [0.25, 0.3) is 0 Å². The summed E-state index contributed by atoms with van der Waals surface area (Å²) in [5.74, 6) is -1.04. The van der Waals surface area contributed by atoms with Crippen molar-refractivity contribution in [1.82, 2.24) is 15.2 Å². The number of carboxylic acid groups (broad SMARTS) is 1. The Hall–Kier alpha value is -1.67. The van der Waals surface area contributed by atoms with E-state index in [4.69, 9.17) is 9.84 Å². The van der Waals surface area contributed by atoms with E-state index in [2.05, 4.69) is 10.3 Å². The van der Waals surface area contributed by atoms with Gasteiger partial charge in [-0.2, -0.15) is 0 Å². The molecule has 0 fully saturated rings. The Morgan fingerprint density at radius 1 is 1.52 bits per heavy atom. The normalized spacial score (nSPS) is 10.7. The Kier molecular flexibility index (Phi) is 7.10. The largest absolute Gasteiger partial charge is 0.476 e. The van der Waals surface area contributed by atoms with E-state index in [0.29, 0.717) is 31.1 Å². The monoisotopic (exact) mass is 315 g/mol. The van der Waals surface area contributed by atoms with Gasteiger partial charge < -0.3 is 20.1 Å². The van der Waals surface area contributed by atoms with Gasteiger partial charge in [0.2, 0.25) is 0 Å². The molecular formula is C13H21N3O4S. The molecule has 0 atom stereocenters. The lowest BCUT2D eigenvalue weighted by Crippen LogP contribution is -2.46. The van der Waals surface area contributed by atoms with Crippen LogP contribution in [-0.4, -0.2) is 59.8 Å². The van der Waals surface area contributed by atoms with E-state index in [9.17, 15) is 9.59 Å². The number of nitrogens with one attached hydrogen (secondary N) is 1. The summed E-state index contributed by atoms with van der Waals surface area (Å²) in [6.07, 6.45) is 0.514. The molecule has 0 bridgehead atoms. The number of hydrogen-bond acceptors (Lipinski definition) is 5. The molecule has 8 heteroatoms. The molecule has 2 amide bonds. The number of aromatic carboxylic acids is 1. The van der Waals surface area contributed by atoms with Gasteiger partial charge in [0.1, 0.15) is 0 Å². The van der Waals surface area contributed by atoms with Crippen LogP contribution in [0.25, 0.3) is 0 Å². The highest BCUT2D eigenvalue weighted by molar-refractivity contribution is 7.09. The number of rotatable bonds is 8. The fourth-order valence-electron chi connectivity index (χ4n) is 1.69. The van der Waals surface area contributed by atoms with Crippen molar-refractivity contribution in [3.8, 4) is 0 Å². The van der Waals surface area contributed by atoms with Crippen molar-refractivity contribution >= 4 is 23.3 Å². The van der Waals surface area contributed by atoms with Crippen molar-refractivity contribution in [2.45, 2.75) is 26.3 Å². The summed E-state index contributed by atoms with van der Waals surface area (Å²) in [5.41, 5.74) is 0.0465. The number of amides is 2. The minimum Gasteiger partial charge on any atom is -0.476 e. The number of carbonyl (C=O) groups excluding carboxylic acids is 1. The Bertz CT molecular complexity index is 476. The van der Waals surface area contributed by atoms with Crippen LogP contribution in [0.4, 0.5) is 4.79 Å². The summed E-state index contributed by atoms with van der Waals surface area (Å²) >= 11 is 1.28. The van der Waals surface area contributed by atoms with E-state index in [1.165, 1.54) is 16.7 Å². The molecule has 0 saturated carbocycles. The highest BCUT2D eigenvalue weighted by atomic mass is 32.1. The molecule has 1 heterocycles. The number of hydrogen-bond donors (Lipinski definition) is 2. The maximum Gasteiger partial charge on any atom is 0.355 e. The summed E-state index contributed by atoms with van der Waals surface area (Å²) in [5, 5.41) is 13.8. The predicted octanol–water partition coefficient (Wildman–Crippen LogP) is 1.45. The topological polar surface area (TPSA) is 91.8 Å². The molecule has 0 radical (unpaired) electrons. The smallest absolute Gasteiger partial charge is 0.355 e. The minimum absolute atomic E-state index is 0.0465. The lowest BCUT2D eigenvalue weighted by Gasteiger charge is -2.26. The number of aromatic nitrogens is 1. The molecule has 0 aliphatic carbocycles. The van der Waals surface area contributed by atoms with Gasteiger partial charge in [0.15, 0.2) is 5.69 Å². The van der Waals surface area contributed by atoms with E-state index in [0.717, 1.165) is 0 Å². The molecule has 118 valence electrons. The zero-order valence-corrected chi connectivity index (χ0v) is 13.3. The van der Waals surface area contributed by atoms with Crippen LogP contribution in [0.15, 0.2) is 5.38 Å². The highest BCUT2D eigenvalue weighted by Crippen LogP contribution is 2.10. The number of carboxylic acids is 1. The summed E-state index contributed by atoms with van der Waals surface area (Å²) in [6, 6.07) is -0.0734. The Labute approximate surface area is 127 Å². The Morgan fingerprint density at radius 2 is 2.24 bits per heavy atom. The Balaban J connectivity index is 2.41. The molecule has 0 aliphatic rings. The summed E-state index contributed by atoms with van der Waals surface area (Å²) in [6.45, 7) is 5.31. The molecule has 1 aromatic heterocycles. The maximum absolute atomic E-state index is 12.0. The van der Waals surface area contributed by atoms with E-state index in [1.54, 1.807) is 12.0 Å². The molecule has 0 spiro atoms. The van der Waals surface area contributed by atoms with Gasteiger partial charge in [-0.15, -0.1) is 11.3 Å². The van der Waals surface area contributed by atoms with Crippen LogP contribution in [0.1, 0.15) is 29.3 Å². The summed E-state index contributed by atoms with van der Waals surface area (Å²) in [7, 11) is 1.60. The quantitative estimate of drug-likeness (QED) is 0.757. The summed E-state index contributed by atoms with van der Waals surface area (Å²) in [4.78, 5) is 28.4. The van der Waals surface area contributed by atoms with Gasteiger partial charge >= 0.3 is 12.0 Å². The van der Waals surface area contributed by atoms with Crippen molar-refractivity contribution < 1.29 is 19.4 Å². The predicted molar refractivity (Wildman–Crippen MR) is 79.9 cm³/mol. The molecule has 0 saturated heterocycles. The average molecular weight is 315 g/mol. The maximum atomic E-state index is 12.0. The van der Waals surface area contributed by atoms with Gasteiger partial charge in [-0.3, -0.25) is 0 Å². The number of ether oxygens (including phenoxy) is 1. The van der Waals surface area contributed by atoms with Crippen molar-refractivity contribution in [2.75, 3.05) is 26.8 Å². The second kappa shape index (κ2) is 8.58. The first-order chi connectivity index (χ1) is 9.95. The third-order valence-corrected chi connectivity index (χ3v) is 3.72. The fraction of sp³-hybridized carbons (Fsp3) is 0.615. The molecular weight excluding hydrogens is 294 g/mol. The van der Waals surface area contributed by atoms with Crippen LogP contribution in [0, 0.1) is 0 Å². The zero-order valence-electron chi connectivity index (χ0n) is 12.5. The number of methoxy groups -OCH3 is 1. The molecule has 0 aliphatic heterocycles. The van der Waals surface area contributed by atoms with E-state index >= 15 is 0 Å². The molecule has 0 aromatic carbocycles. The van der Waals surface area contributed by atoms with Gasteiger partial charge in [0, 0.05) is 38.0 Å². The van der Waals surface area contributed by atoms with Crippen molar-refractivity contribution in [1.29, 1.82) is 0 Å². The SMILES string of the molecule is COCCN(C(=O)NCCc1nc(C(=O)O)cs1)C(C)C.